The van der Waals surface area contributed by atoms with Gasteiger partial charge in [0.25, 0.3) is 0 Å². The molecule has 5 nitrogen and oxygen atoms in total. The topological polar surface area (TPSA) is 72.1 Å². The van der Waals surface area contributed by atoms with Crippen LogP contribution in [-0.4, -0.2) is 34.1 Å². The van der Waals surface area contributed by atoms with Gasteiger partial charge in [-0.1, -0.05) is 53.4 Å². The summed E-state index contributed by atoms with van der Waals surface area (Å²) in [6.07, 6.45) is 2.17. The van der Waals surface area contributed by atoms with E-state index in [1.165, 1.54) is 23.1 Å². The highest BCUT2D eigenvalue weighted by atomic mass is 32.2. The lowest BCUT2D eigenvalue weighted by molar-refractivity contribution is -0.129. The van der Waals surface area contributed by atoms with E-state index in [2.05, 4.69) is 10.2 Å². The molecule has 1 aromatic heterocycles. The molecule has 0 bridgehead atoms. The molecule has 1 atom stereocenters. The van der Waals surface area contributed by atoms with Gasteiger partial charge in [-0.25, -0.2) is 0 Å². The molecule has 0 aliphatic carbocycles. The molecule has 1 aromatic carbocycles. The van der Waals surface area contributed by atoms with Crippen LogP contribution in [-0.2, 0) is 4.79 Å². The van der Waals surface area contributed by atoms with Crippen LogP contribution in [0.4, 0.5) is 5.13 Å². The molecular weight excluding hydrogens is 304 g/mol. The Hall–Kier alpha value is -1.60. The van der Waals surface area contributed by atoms with E-state index in [0.29, 0.717) is 5.13 Å². The molecule has 21 heavy (non-hydrogen) atoms. The van der Waals surface area contributed by atoms with Crippen LogP contribution in [0.5, 0.6) is 0 Å². The molecule has 7 heteroatoms. The Morgan fingerprint density at radius 2 is 1.95 bits per heavy atom. The summed E-state index contributed by atoms with van der Waals surface area (Å²) >= 11 is 2.75. The average Bonchev–Trinajstić information content (AvgIpc) is 3.16. The van der Waals surface area contributed by atoms with Gasteiger partial charge in [0, 0.05) is 13.1 Å². The number of hydrogen-bond donors (Lipinski definition) is 1. The number of anilines is 1. The molecule has 0 saturated carbocycles. The Morgan fingerprint density at radius 1 is 1.24 bits per heavy atom. The monoisotopic (exact) mass is 320 g/mol. The van der Waals surface area contributed by atoms with E-state index < -0.39 is 0 Å². The van der Waals surface area contributed by atoms with E-state index in [0.717, 1.165) is 35.8 Å². The normalized spacial score (nSPS) is 16.1. The summed E-state index contributed by atoms with van der Waals surface area (Å²) < 4.78 is 0.730. The van der Waals surface area contributed by atoms with Gasteiger partial charge in [-0.05, 0) is 18.4 Å². The van der Waals surface area contributed by atoms with Crippen molar-refractivity contribution in [2.24, 2.45) is 0 Å². The third-order valence-corrected chi connectivity index (χ3v) is 5.46. The Kier molecular flexibility index (Phi) is 4.40. The predicted molar refractivity (Wildman–Crippen MR) is 85.2 cm³/mol. The minimum absolute atomic E-state index is 0.150. The molecule has 1 saturated heterocycles. The molecular formula is C14H16N4OS2. The number of amides is 1. The minimum Gasteiger partial charge on any atom is -0.374 e. The van der Waals surface area contributed by atoms with Crippen LogP contribution < -0.4 is 5.73 Å². The van der Waals surface area contributed by atoms with Crippen molar-refractivity contribution in [3.8, 4) is 0 Å². The molecule has 1 fully saturated rings. The van der Waals surface area contributed by atoms with Crippen molar-refractivity contribution in [3.63, 3.8) is 0 Å². The Morgan fingerprint density at radius 3 is 2.57 bits per heavy atom. The standard InChI is InChI=1S/C14H16N4OS2/c15-13-16-17-14(21-13)20-11(10-6-2-1-3-7-10)12(19)18-8-4-5-9-18/h1-3,6-7,11H,4-5,8-9H2,(H2,15,16)/t11-/m1/s1. The van der Waals surface area contributed by atoms with Crippen molar-refractivity contribution < 1.29 is 4.79 Å². The lowest BCUT2D eigenvalue weighted by Crippen LogP contribution is -2.31. The highest BCUT2D eigenvalue weighted by Gasteiger charge is 2.29. The number of rotatable bonds is 4. The van der Waals surface area contributed by atoms with E-state index in [9.17, 15) is 4.79 Å². The van der Waals surface area contributed by atoms with Crippen molar-refractivity contribution >= 4 is 34.1 Å². The number of carbonyl (C=O) groups excluding carboxylic acids is 1. The number of aromatic nitrogens is 2. The zero-order valence-corrected chi connectivity index (χ0v) is 13.1. The quantitative estimate of drug-likeness (QED) is 0.877. The third kappa shape index (κ3) is 3.36. The number of nitrogens with two attached hydrogens (primary N) is 1. The number of hydrogen-bond acceptors (Lipinski definition) is 6. The highest BCUT2D eigenvalue weighted by Crippen LogP contribution is 2.39. The largest absolute Gasteiger partial charge is 0.374 e. The van der Waals surface area contributed by atoms with Crippen LogP contribution in [0.1, 0.15) is 23.7 Å². The number of benzene rings is 1. The molecule has 1 aliphatic heterocycles. The first-order valence-electron chi connectivity index (χ1n) is 6.83. The van der Waals surface area contributed by atoms with Crippen molar-refractivity contribution in [1.29, 1.82) is 0 Å². The van der Waals surface area contributed by atoms with Gasteiger partial charge in [0.1, 0.15) is 5.25 Å². The van der Waals surface area contributed by atoms with Crippen LogP contribution in [0.2, 0.25) is 0 Å². The maximum Gasteiger partial charge on any atom is 0.240 e. The third-order valence-electron chi connectivity index (χ3n) is 3.39. The fourth-order valence-corrected chi connectivity index (χ4v) is 4.27. The molecule has 0 radical (unpaired) electrons. The van der Waals surface area contributed by atoms with Crippen LogP contribution in [0.25, 0.3) is 0 Å². The van der Waals surface area contributed by atoms with Crippen molar-refractivity contribution in [1.82, 2.24) is 15.1 Å². The summed E-state index contributed by atoms with van der Waals surface area (Å²) in [4.78, 5) is 14.7. The Balaban J connectivity index is 1.85. The Labute approximate surface area is 131 Å². The fraction of sp³-hybridized carbons (Fsp3) is 0.357. The summed E-state index contributed by atoms with van der Waals surface area (Å²) in [5.41, 5.74) is 6.62. The second-order valence-electron chi connectivity index (χ2n) is 4.85. The summed E-state index contributed by atoms with van der Waals surface area (Å²) in [5, 5.41) is 7.99. The van der Waals surface area contributed by atoms with Gasteiger partial charge in [0.05, 0.1) is 0 Å². The fourth-order valence-electron chi connectivity index (χ4n) is 2.36. The molecule has 2 aromatic rings. The second-order valence-corrected chi connectivity index (χ2v) is 7.21. The molecule has 0 spiro atoms. The van der Waals surface area contributed by atoms with Gasteiger partial charge >= 0.3 is 0 Å². The summed E-state index contributed by atoms with van der Waals surface area (Å²) in [6, 6.07) is 9.82. The van der Waals surface area contributed by atoms with Gasteiger partial charge in [-0.2, -0.15) is 0 Å². The van der Waals surface area contributed by atoms with E-state index in [-0.39, 0.29) is 11.2 Å². The van der Waals surface area contributed by atoms with E-state index in [1.54, 1.807) is 0 Å². The minimum atomic E-state index is -0.281. The molecule has 0 unspecified atom stereocenters. The van der Waals surface area contributed by atoms with Gasteiger partial charge in [0.2, 0.25) is 11.0 Å². The van der Waals surface area contributed by atoms with Crippen LogP contribution in [0.15, 0.2) is 34.7 Å². The Bertz CT molecular complexity index is 610. The number of thioether (sulfide) groups is 1. The maximum absolute atomic E-state index is 12.8. The van der Waals surface area contributed by atoms with Gasteiger partial charge in [-0.15, -0.1) is 10.2 Å². The van der Waals surface area contributed by atoms with E-state index in [1.807, 2.05) is 35.2 Å². The molecule has 3 rings (SSSR count). The SMILES string of the molecule is Nc1nnc(S[C@@H](C(=O)N2CCCC2)c2ccccc2)s1. The first kappa shape index (κ1) is 14.3. The molecule has 1 amide bonds. The van der Waals surface area contributed by atoms with Gasteiger partial charge in [0.15, 0.2) is 4.34 Å². The highest BCUT2D eigenvalue weighted by molar-refractivity contribution is 8.01. The lowest BCUT2D eigenvalue weighted by Gasteiger charge is -2.22. The average molecular weight is 320 g/mol. The molecule has 2 N–H and O–H groups in total. The van der Waals surface area contributed by atoms with Crippen molar-refractivity contribution in [3.05, 3.63) is 35.9 Å². The summed E-state index contributed by atoms with van der Waals surface area (Å²) in [6.45, 7) is 1.70. The van der Waals surface area contributed by atoms with Crippen molar-refractivity contribution in [2.75, 3.05) is 18.8 Å². The lowest BCUT2D eigenvalue weighted by atomic mass is 10.1. The van der Waals surface area contributed by atoms with Crippen LogP contribution in [0.3, 0.4) is 0 Å². The van der Waals surface area contributed by atoms with Crippen LogP contribution >= 0.6 is 23.1 Å². The predicted octanol–water partition coefficient (Wildman–Crippen LogP) is 2.58. The smallest absolute Gasteiger partial charge is 0.240 e. The number of likely N-dealkylation sites (tertiary alicyclic amines) is 1. The van der Waals surface area contributed by atoms with Gasteiger partial charge in [-0.3, -0.25) is 4.79 Å². The van der Waals surface area contributed by atoms with Crippen LogP contribution in [0, 0.1) is 0 Å². The number of nitrogens with zero attached hydrogens (tertiary/aromatic N) is 3. The van der Waals surface area contributed by atoms with Gasteiger partial charge < -0.3 is 10.6 Å². The van der Waals surface area contributed by atoms with E-state index >= 15 is 0 Å². The molecule has 2 heterocycles. The van der Waals surface area contributed by atoms with Crippen molar-refractivity contribution in [2.45, 2.75) is 22.4 Å². The zero-order chi connectivity index (χ0) is 14.7. The zero-order valence-electron chi connectivity index (χ0n) is 11.4. The number of carbonyl (C=O) groups is 1. The maximum atomic E-state index is 12.8. The molecule has 1 aliphatic rings. The number of nitrogen functional groups attached to an aromatic ring is 1. The summed E-state index contributed by atoms with van der Waals surface area (Å²) in [5.74, 6) is 0.150. The summed E-state index contributed by atoms with van der Waals surface area (Å²) in [7, 11) is 0. The first-order valence-corrected chi connectivity index (χ1v) is 8.53. The first-order chi connectivity index (χ1) is 10.2. The van der Waals surface area contributed by atoms with E-state index in [4.69, 9.17) is 5.73 Å². The second kappa shape index (κ2) is 6.44. The molecule has 110 valence electrons.